The van der Waals surface area contributed by atoms with E-state index < -0.39 is 0 Å². The number of rotatable bonds is 4. The maximum atomic E-state index is 5.16. The Bertz CT molecular complexity index is 2250. The molecule has 8 aromatic rings. The molecule has 5 nitrogen and oxygen atoms in total. The Morgan fingerprint density at radius 1 is 0.381 bits per heavy atom. The van der Waals surface area contributed by atoms with Crippen molar-refractivity contribution in [1.82, 2.24) is 24.9 Å². The summed E-state index contributed by atoms with van der Waals surface area (Å²) in [6, 6.07) is 43.1. The highest BCUT2D eigenvalue weighted by Crippen LogP contribution is 2.34. The number of hydrogen-bond acceptors (Lipinski definition) is 5. The summed E-state index contributed by atoms with van der Waals surface area (Å²) in [6.45, 7) is 0. The molecular formula is C37H23N5. The third-order valence-electron chi connectivity index (χ3n) is 7.53. The van der Waals surface area contributed by atoms with Crippen LogP contribution in [-0.2, 0) is 0 Å². The van der Waals surface area contributed by atoms with Crippen molar-refractivity contribution >= 4 is 32.8 Å². The molecule has 0 bridgehead atoms. The van der Waals surface area contributed by atoms with Gasteiger partial charge in [-0.3, -0.25) is 4.98 Å². The van der Waals surface area contributed by atoms with Gasteiger partial charge >= 0.3 is 0 Å². The van der Waals surface area contributed by atoms with Gasteiger partial charge in [-0.1, -0.05) is 84.9 Å². The van der Waals surface area contributed by atoms with Crippen LogP contribution >= 0.6 is 0 Å². The van der Waals surface area contributed by atoms with Gasteiger partial charge in [0.1, 0.15) is 0 Å². The van der Waals surface area contributed by atoms with Crippen molar-refractivity contribution in [2.24, 2.45) is 0 Å². The fourth-order valence-corrected chi connectivity index (χ4v) is 5.43. The van der Waals surface area contributed by atoms with Crippen molar-refractivity contribution < 1.29 is 0 Å². The van der Waals surface area contributed by atoms with Gasteiger partial charge in [0.05, 0.1) is 44.8 Å². The molecular weight excluding hydrogens is 514 g/mol. The Balaban J connectivity index is 1.28. The number of aromatic nitrogens is 5. The van der Waals surface area contributed by atoms with E-state index in [4.69, 9.17) is 19.9 Å². The van der Waals surface area contributed by atoms with Crippen LogP contribution in [0.1, 0.15) is 0 Å². The van der Waals surface area contributed by atoms with Gasteiger partial charge in [0.25, 0.3) is 0 Å². The molecule has 8 rings (SSSR count). The molecule has 4 aromatic carbocycles. The number of para-hydroxylation sites is 2. The van der Waals surface area contributed by atoms with Crippen molar-refractivity contribution in [3.05, 3.63) is 140 Å². The summed E-state index contributed by atoms with van der Waals surface area (Å²) < 4.78 is 0. The normalized spacial score (nSPS) is 11.3. The molecule has 0 aliphatic rings. The summed E-state index contributed by atoms with van der Waals surface area (Å²) in [5.74, 6) is 0. The van der Waals surface area contributed by atoms with E-state index in [0.717, 1.165) is 77.9 Å². The number of fused-ring (bicyclic) bond motifs is 4. The zero-order chi connectivity index (χ0) is 27.9. The van der Waals surface area contributed by atoms with Gasteiger partial charge in [-0.25, -0.2) is 19.9 Å². The second-order valence-electron chi connectivity index (χ2n) is 10.2. The highest BCUT2D eigenvalue weighted by Gasteiger charge is 2.15. The molecule has 0 N–H and O–H groups in total. The monoisotopic (exact) mass is 537 g/mol. The second-order valence-corrected chi connectivity index (χ2v) is 10.2. The van der Waals surface area contributed by atoms with E-state index in [-0.39, 0.29) is 0 Å². The Morgan fingerprint density at radius 2 is 0.929 bits per heavy atom. The van der Waals surface area contributed by atoms with E-state index >= 15 is 0 Å². The minimum absolute atomic E-state index is 0.843. The number of hydrogen-bond donors (Lipinski definition) is 0. The predicted molar refractivity (Wildman–Crippen MR) is 170 cm³/mol. The summed E-state index contributed by atoms with van der Waals surface area (Å²) in [7, 11) is 0. The largest absolute Gasteiger partial charge is 0.264 e. The molecule has 0 fully saturated rings. The molecule has 4 aromatic heterocycles. The van der Waals surface area contributed by atoms with Crippen LogP contribution < -0.4 is 0 Å². The van der Waals surface area contributed by atoms with Crippen molar-refractivity contribution in [1.29, 1.82) is 0 Å². The zero-order valence-electron chi connectivity index (χ0n) is 22.5. The molecule has 0 radical (unpaired) electrons. The summed E-state index contributed by atoms with van der Waals surface area (Å²) >= 11 is 0. The molecule has 0 aliphatic heterocycles. The van der Waals surface area contributed by atoms with Gasteiger partial charge in [0, 0.05) is 45.4 Å². The van der Waals surface area contributed by atoms with Crippen LogP contribution in [0.2, 0.25) is 0 Å². The highest BCUT2D eigenvalue weighted by molar-refractivity contribution is 6.04. The molecule has 0 unspecified atom stereocenters. The maximum absolute atomic E-state index is 5.16. The molecule has 196 valence electrons. The van der Waals surface area contributed by atoms with Gasteiger partial charge in [0.15, 0.2) is 0 Å². The average Bonchev–Trinajstić information content (AvgIpc) is 3.08. The van der Waals surface area contributed by atoms with Crippen LogP contribution in [-0.4, -0.2) is 24.9 Å². The highest BCUT2D eigenvalue weighted by atomic mass is 14.8. The van der Waals surface area contributed by atoms with E-state index in [2.05, 4.69) is 71.7 Å². The maximum Gasteiger partial charge on any atom is 0.0973 e. The van der Waals surface area contributed by atoms with Gasteiger partial charge in [-0.15, -0.1) is 0 Å². The van der Waals surface area contributed by atoms with Gasteiger partial charge < -0.3 is 0 Å². The van der Waals surface area contributed by atoms with E-state index in [1.165, 1.54) is 0 Å². The van der Waals surface area contributed by atoms with Crippen LogP contribution in [0.3, 0.4) is 0 Å². The Labute approximate surface area is 242 Å². The minimum atomic E-state index is 0.843. The molecule has 5 heteroatoms. The lowest BCUT2D eigenvalue weighted by Crippen LogP contribution is -1.96. The van der Waals surface area contributed by atoms with Crippen molar-refractivity contribution in [3.63, 3.8) is 0 Å². The quantitative estimate of drug-likeness (QED) is 0.210. The van der Waals surface area contributed by atoms with Crippen LogP contribution in [0.25, 0.3) is 77.9 Å². The average molecular weight is 538 g/mol. The molecule has 0 saturated carbocycles. The summed E-state index contributed by atoms with van der Waals surface area (Å²) in [4.78, 5) is 24.6. The van der Waals surface area contributed by atoms with Crippen LogP contribution in [0.5, 0.6) is 0 Å². The third-order valence-corrected chi connectivity index (χ3v) is 7.53. The van der Waals surface area contributed by atoms with Crippen LogP contribution in [0.15, 0.2) is 140 Å². The topological polar surface area (TPSA) is 64.5 Å². The summed E-state index contributed by atoms with van der Waals surface area (Å²) in [5.41, 5.74) is 10.9. The van der Waals surface area contributed by atoms with E-state index in [1.807, 2.05) is 66.9 Å². The lowest BCUT2D eigenvalue weighted by molar-refractivity contribution is 1.29. The van der Waals surface area contributed by atoms with Crippen molar-refractivity contribution in [2.75, 3.05) is 0 Å². The Hall–Kier alpha value is -5.81. The van der Waals surface area contributed by atoms with Crippen LogP contribution in [0.4, 0.5) is 0 Å². The molecule has 0 spiro atoms. The van der Waals surface area contributed by atoms with E-state index in [9.17, 15) is 0 Å². The van der Waals surface area contributed by atoms with E-state index in [1.54, 1.807) is 6.20 Å². The lowest BCUT2D eigenvalue weighted by atomic mass is 10.00. The first kappa shape index (κ1) is 24.0. The zero-order valence-corrected chi connectivity index (χ0v) is 22.5. The number of benzene rings is 4. The van der Waals surface area contributed by atoms with Gasteiger partial charge in [0.2, 0.25) is 0 Å². The SMILES string of the molecule is c1ccc(-c2nc3ccccc3nc2-c2cccc(-c3ccc4ccc5ccc(-c6cccnc6)nc5c4n3)c2)cc1. The van der Waals surface area contributed by atoms with Gasteiger partial charge in [-0.2, -0.15) is 0 Å². The number of pyridine rings is 3. The minimum Gasteiger partial charge on any atom is -0.264 e. The molecule has 0 atom stereocenters. The van der Waals surface area contributed by atoms with Gasteiger partial charge in [-0.05, 0) is 42.5 Å². The fraction of sp³-hybridized carbons (Fsp3) is 0. The smallest absolute Gasteiger partial charge is 0.0973 e. The first-order chi connectivity index (χ1) is 20.8. The Morgan fingerprint density at radius 3 is 1.60 bits per heavy atom. The first-order valence-electron chi connectivity index (χ1n) is 13.8. The second kappa shape index (κ2) is 9.98. The molecule has 0 aliphatic carbocycles. The summed E-state index contributed by atoms with van der Waals surface area (Å²) in [5, 5.41) is 2.09. The lowest BCUT2D eigenvalue weighted by Gasteiger charge is -2.12. The first-order valence-corrected chi connectivity index (χ1v) is 13.8. The molecule has 0 saturated heterocycles. The third kappa shape index (κ3) is 4.25. The summed E-state index contributed by atoms with van der Waals surface area (Å²) in [6.07, 6.45) is 3.61. The molecule has 42 heavy (non-hydrogen) atoms. The Kier molecular flexibility index (Phi) is 5.71. The fourth-order valence-electron chi connectivity index (χ4n) is 5.43. The van der Waals surface area contributed by atoms with Crippen molar-refractivity contribution in [3.8, 4) is 45.0 Å². The standard InChI is InChI=1S/C37H23N5/c1-2-8-24(9-3-1)34-37(42-33-14-5-4-13-32(33)41-34)28-11-6-10-27(22-28)30-19-17-25-15-16-26-18-20-31(29-12-7-21-38-23-29)40-36(26)35(25)39-30/h1-23H. The molecule has 4 heterocycles. The molecule has 0 amide bonds. The van der Waals surface area contributed by atoms with Crippen LogP contribution in [0, 0.1) is 0 Å². The number of nitrogens with zero attached hydrogens (tertiary/aromatic N) is 5. The van der Waals surface area contributed by atoms with Crippen molar-refractivity contribution in [2.45, 2.75) is 0 Å². The predicted octanol–water partition coefficient (Wildman–Crippen LogP) is 8.79. The van der Waals surface area contributed by atoms with E-state index in [0.29, 0.717) is 0 Å².